The number of nitrogens with one attached hydrogen (secondary N) is 2. The van der Waals surface area contributed by atoms with E-state index in [2.05, 4.69) is 24.9 Å². The van der Waals surface area contributed by atoms with Gasteiger partial charge in [-0.25, -0.2) is 18.0 Å². The number of carbonyl (C=O) groups is 1. The molecule has 3 aromatic rings. The van der Waals surface area contributed by atoms with E-state index >= 15 is 0 Å². The number of methoxy groups -OCH3 is 1. The molecule has 5 atom stereocenters. The van der Waals surface area contributed by atoms with Gasteiger partial charge in [-0.15, -0.1) is 4.83 Å². The van der Waals surface area contributed by atoms with Gasteiger partial charge in [-0.1, -0.05) is 18.2 Å². The Morgan fingerprint density at radius 3 is 2.53 bits per heavy atom. The molecule has 0 saturated carbocycles. The number of aromatic nitrogens is 4. The standard InChI is InChI=1S/C23H33N8O10PS/c1-22(2,20(33)38-5)28-42(35,40-13-10-8-7-9-11-13)41-18-15(32)23(3,34)19(39-18)31-12-25-14-16(26-21(24)27-17(14)31)30(4)29-43(6,36)37/h7-12,15,18-19,29,32,34H,1-6H3,(H,28,35)(H2,24,26,27)/t15?,18?,19-,23-,42?/m1/s1. The maximum atomic E-state index is 14.1. The monoisotopic (exact) mass is 644 g/mol. The first kappa shape index (κ1) is 32.5. The predicted octanol–water partition coefficient (Wildman–Crippen LogP) is 0.0206. The average molecular weight is 645 g/mol. The van der Waals surface area contributed by atoms with Crippen molar-refractivity contribution < 1.29 is 46.5 Å². The molecule has 4 rings (SSSR count). The van der Waals surface area contributed by atoms with E-state index in [0.29, 0.717) is 0 Å². The highest BCUT2D eigenvalue weighted by Crippen LogP contribution is 2.51. The van der Waals surface area contributed by atoms with Crippen molar-refractivity contribution in [3.05, 3.63) is 36.7 Å². The second-order valence-corrected chi connectivity index (χ2v) is 13.8. The van der Waals surface area contributed by atoms with Crippen LogP contribution in [-0.2, 0) is 33.4 Å². The summed E-state index contributed by atoms with van der Waals surface area (Å²) < 4.78 is 60.7. The summed E-state index contributed by atoms with van der Waals surface area (Å²) in [7, 11) is -5.75. The van der Waals surface area contributed by atoms with Crippen molar-refractivity contribution in [3.63, 3.8) is 0 Å². The lowest BCUT2D eigenvalue weighted by Crippen LogP contribution is -2.48. The van der Waals surface area contributed by atoms with Crippen LogP contribution >= 0.6 is 7.75 Å². The number of hydrogen-bond acceptors (Lipinski definition) is 15. The van der Waals surface area contributed by atoms with E-state index < -0.39 is 53.5 Å². The third-order valence-electron chi connectivity index (χ3n) is 6.24. The minimum Gasteiger partial charge on any atom is -0.468 e. The number of nitrogens with zero attached hydrogens (tertiary/aromatic N) is 5. The van der Waals surface area contributed by atoms with Gasteiger partial charge in [0.05, 0.1) is 19.7 Å². The van der Waals surface area contributed by atoms with Crippen LogP contribution in [0, 0.1) is 0 Å². The number of nitrogens with two attached hydrogens (primary N) is 1. The van der Waals surface area contributed by atoms with E-state index in [1.54, 1.807) is 18.2 Å². The molecule has 6 N–H and O–H groups in total. The second-order valence-electron chi connectivity index (χ2n) is 10.4. The molecule has 0 aliphatic carbocycles. The number of hydrazine groups is 1. The minimum absolute atomic E-state index is 0.00329. The van der Waals surface area contributed by atoms with E-state index in [1.165, 1.54) is 50.8 Å². The van der Waals surface area contributed by atoms with Gasteiger partial charge in [0, 0.05) is 7.05 Å². The molecule has 0 amide bonds. The number of carbonyl (C=O) groups excluding carboxylic acids is 1. The van der Waals surface area contributed by atoms with Crippen LogP contribution in [-0.4, -0.2) is 88.1 Å². The molecule has 18 nitrogen and oxygen atoms in total. The Bertz CT molecular complexity index is 1650. The van der Waals surface area contributed by atoms with Gasteiger partial charge in [0.25, 0.3) is 0 Å². The van der Waals surface area contributed by atoms with Crippen molar-refractivity contribution in [2.75, 3.05) is 31.2 Å². The number of anilines is 2. The highest BCUT2D eigenvalue weighted by Gasteiger charge is 2.57. The zero-order valence-corrected chi connectivity index (χ0v) is 25.7. The predicted molar refractivity (Wildman–Crippen MR) is 152 cm³/mol. The average Bonchev–Trinajstić information content (AvgIpc) is 3.40. The first-order chi connectivity index (χ1) is 19.9. The van der Waals surface area contributed by atoms with Crippen LogP contribution in [0.25, 0.3) is 11.2 Å². The van der Waals surface area contributed by atoms with Crippen molar-refractivity contribution in [3.8, 4) is 5.75 Å². The molecular weight excluding hydrogens is 611 g/mol. The van der Waals surface area contributed by atoms with Crippen LogP contribution in [0.4, 0.5) is 11.8 Å². The van der Waals surface area contributed by atoms with Gasteiger partial charge in [-0.2, -0.15) is 15.1 Å². The fourth-order valence-electron chi connectivity index (χ4n) is 4.28. The number of nitrogen functional groups attached to an aromatic ring is 1. The SMILES string of the molecule is COC(=O)C(C)(C)NP(=O)(Oc1ccccc1)OC1O[C@@H](n2cnc3c(N(C)NS(C)(=O)=O)nc(N)nc32)[C@](C)(O)C1O. The lowest BCUT2D eigenvalue weighted by atomic mass is 9.99. The van der Waals surface area contributed by atoms with Crippen LogP contribution in [0.5, 0.6) is 5.75 Å². The number of sulfonamides is 1. The molecule has 0 spiro atoms. The number of hydrogen-bond donors (Lipinski definition) is 5. The van der Waals surface area contributed by atoms with Crippen molar-refractivity contribution in [1.29, 1.82) is 0 Å². The number of imidazole rings is 1. The molecule has 43 heavy (non-hydrogen) atoms. The smallest absolute Gasteiger partial charge is 0.462 e. The molecule has 1 saturated heterocycles. The maximum absolute atomic E-state index is 14.1. The van der Waals surface area contributed by atoms with Gasteiger partial charge >= 0.3 is 13.7 Å². The molecule has 1 aliphatic rings. The Morgan fingerprint density at radius 2 is 1.93 bits per heavy atom. The Kier molecular flexibility index (Phi) is 8.75. The first-order valence-corrected chi connectivity index (χ1v) is 16.0. The maximum Gasteiger partial charge on any atom is 0.462 e. The van der Waals surface area contributed by atoms with E-state index in [0.717, 1.165) is 18.4 Å². The number of fused-ring (bicyclic) bond motifs is 1. The van der Waals surface area contributed by atoms with E-state index in [4.69, 9.17) is 24.3 Å². The molecule has 1 aromatic carbocycles. The number of rotatable bonds is 11. The summed E-state index contributed by atoms with van der Waals surface area (Å²) in [5.74, 6) is -0.985. The summed E-state index contributed by atoms with van der Waals surface area (Å²) in [5.41, 5.74) is 2.22. The van der Waals surface area contributed by atoms with Crippen LogP contribution < -0.4 is 25.2 Å². The Morgan fingerprint density at radius 1 is 1.28 bits per heavy atom. The number of benzene rings is 1. The molecule has 3 unspecified atom stereocenters. The van der Waals surface area contributed by atoms with Gasteiger partial charge in [0.15, 0.2) is 23.2 Å². The second kappa shape index (κ2) is 11.6. The molecule has 1 fully saturated rings. The number of esters is 1. The Hall–Kier alpha value is -3.42. The van der Waals surface area contributed by atoms with Gasteiger partial charge < -0.3 is 29.9 Å². The minimum atomic E-state index is -4.56. The molecule has 3 heterocycles. The summed E-state index contributed by atoms with van der Waals surface area (Å²) >= 11 is 0. The zero-order valence-electron chi connectivity index (χ0n) is 24.0. The normalized spacial score (nSPS) is 24.0. The molecule has 0 bridgehead atoms. The van der Waals surface area contributed by atoms with E-state index in [-0.39, 0.29) is 28.7 Å². The van der Waals surface area contributed by atoms with Gasteiger partial charge in [0.2, 0.25) is 22.3 Å². The Labute approximate surface area is 246 Å². The van der Waals surface area contributed by atoms with Crippen LogP contribution in [0.1, 0.15) is 27.0 Å². The van der Waals surface area contributed by atoms with Gasteiger partial charge in [-0.3, -0.25) is 18.9 Å². The number of para-hydroxylation sites is 1. The van der Waals surface area contributed by atoms with Crippen molar-refractivity contribution >= 4 is 46.7 Å². The van der Waals surface area contributed by atoms with Crippen molar-refractivity contribution in [2.24, 2.45) is 0 Å². The summed E-state index contributed by atoms with van der Waals surface area (Å²) in [6.45, 7) is 3.99. The highest BCUT2D eigenvalue weighted by atomic mass is 32.2. The van der Waals surface area contributed by atoms with Crippen LogP contribution in [0.2, 0.25) is 0 Å². The molecule has 2 aromatic heterocycles. The van der Waals surface area contributed by atoms with Crippen LogP contribution in [0.15, 0.2) is 36.7 Å². The highest BCUT2D eigenvalue weighted by molar-refractivity contribution is 7.88. The third kappa shape index (κ3) is 6.89. The fraction of sp³-hybridized carbons (Fsp3) is 0.478. The molecule has 20 heteroatoms. The summed E-state index contributed by atoms with van der Waals surface area (Å²) in [6, 6.07) is 7.90. The number of aliphatic hydroxyl groups excluding tert-OH is 1. The van der Waals surface area contributed by atoms with E-state index in [1.807, 2.05) is 0 Å². The number of ether oxygens (including phenoxy) is 2. The third-order valence-corrected chi connectivity index (χ3v) is 8.61. The van der Waals surface area contributed by atoms with Crippen LogP contribution in [0.3, 0.4) is 0 Å². The molecule has 236 valence electrons. The van der Waals surface area contributed by atoms with Crippen molar-refractivity contribution in [2.45, 2.75) is 50.5 Å². The lowest BCUT2D eigenvalue weighted by molar-refractivity contribution is -0.147. The lowest BCUT2D eigenvalue weighted by Gasteiger charge is -2.30. The van der Waals surface area contributed by atoms with Gasteiger partial charge in [-0.05, 0) is 32.9 Å². The molecule has 0 radical (unpaired) electrons. The molecular formula is C23H33N8O10PS. The summed E-state index contributed by atoms with van der Waals surface area (Å²) in [5, 5.41) is 26.0. The summed E-state index contributed by atoms with van der Waals surface area (Å²) in [6.07, 6.45) is -2.95. The Balaban J connectivity index is 1.70. The zero-order chi connectivity index (χ0) is 32.0. The number of aliphatic hydroxyl groups is 2. The first-order valence-electron chi connectivity index (χ1n) is 12.5. The van der Waals surface area contributed by atoms with Crippen molar-refractivity contribution in [1.82, 2.24) is 29.4 Å². The molecule has 1 aliphatic heterocycles. The quantitative estimate of drug-likeness (QED) is 0.105. The van der Waals surface area contributed by atoms with E-state index in [9.17, 15) is 28.0 Å². The largest absolute Gasteiger partial charge is 0.468 e. The summed E-state index contributed by atoms with van der Waals surface area (Å²) in [4.78, 5) is 27.0. The topological polar surface area (TPSA) is 243 Å². The van der Waals surface area contributed by atoms with Gasteiger partial charge in [0.1, 0.15) is 23.0 Å². The fourth-order valence-corrected chi connectivity index (χ4v) is 6.62.